The minimum absolute atomic E-state index is 0.186. The molecule has 33 heavy (non-hydrogen) atoms. The minimum atomic E-state index is -0.638. The van der Waals surface area contributed by atoms with Crippen molar-refractivity contribution in [2.45, 2.75) is 18.9 Å². The van der Waals surface area contributed by atoms with Gasteiger partial charge >= 0.3 is 6.03 Å². The predicted molar refractivity (Wildman–Crippen MR) is 125 cm³/mol. The number of benzene rings is 2. The van der Waals surface area contributed by atoms with Crippen LogP contribution in [0, 0.1) is 0 Å². The maximum absolute atomic E-state index is 12.9. The van der Waals surface area contributed by atoms with Crippen molar-refractivity contribution >= 4 is 57.3 Å². The van der Waals surface area contributed by atoms with Crippen LogP contribution in [0.15, 0.2) is 36.4 Å². The number of halogens is 2. The largest absolute Gasteiger partial charge is 0.454 e. The Morgan fingerprint density at radius 3 is 2.82 bits per heavy atom. The number of rotatable bonds is 4. The normalized spacial score (nSPS) is 16.7. The fourth-order valence-corrected chi connectivity index (χ4v) is 4.77. The molecule has 9 nitrogen and oxygen atoms in total. The molecule has 5 rings (SSSR count). The Morgan fingerprint density at radius 1 is 1.09 bits per heavy atom. The molecule has 0 saturated carbocycles. The second kappa shape index (κ2) is 9.05. The lowest BCUT2D eigenvalue weighted by molar-refractivity contribution is -0.119. The van der Waals surface area contributed by atoms with Gasteiger partial charge in [0.05, 0.1) is 15.7 Å². The number of aromatic nitrogens is 2. The maximum atomic E-state index is 12.9. The molecule has 2 N–H and O–H groups in total. The quantitative estimate of drug-likeness (QED) is 0.523. The summed E-state index contributed by atoms with van der Waals surface area (Å²) in [6.07, 6.45) is 1.24. The van der Waals surface area contributed by atoms with E-state index in [1.807, 2.05) is 12.1 Å². The van der Waals surface area contributed by atoms with Crippen LogP contribution in [0.5, 0.6) is 11.5 Å². The summed E-state index contributed by atoms with van der Waals surface area (Å²) in [6, 6.07) is 9.38. The van der Waals surface area contributed by atoms with Crippen LogP contribution < -0.4 is 20.1 Å². The molecule has 0 unspecified atom stereocenters. The zero-order valence-corrected chi connectivity index (χ0v) is 19.3. The smallest absolute Gasteiger partial charge is 0.322 e. The number of hydrogen-bond acceptors (Lipinski definition) is 7. The standard InChI is InChI=1S/C21H17Cl2N5O4S/c22-12-3-1-4-13(17(12)23)24-21(30)28-8-2-5-14(28)18(29)25-20-27-26-19(33-20)11-6-7-15-16(9-11)32-10-31-15/h1,3-4,6-7,9,14H,2,5,8,10H2,(H,24,30)(H,25,27,29)/t14-/m0/s1. The van der Waals surface area contributed by atoms with Crippen LogP contribution in [0.25, 0.3) is 10.6 Å². The molecule has 3 aromatic rings. The Hall–Kier alpha value is -3.08. The third-order valence-corrected chi connectivity index (χ3v) is 6.99. The molecule has 3 heterocycles. The van der Waals surface area contributed by atoms with Gasteiger partial charge in [0.25, 0.3) is 0 Å². The average Bonchev–Trinajstić information content (AvgIpc) is 3.56. The molecule has 170 valence electrons. The second-order valence-corrected chi connectivity index (χ2v) is 9.12. The van der Waals surface area contributed by atoms with Crippen LogP contribution in [-0.2, 0) is 4.79 Å². The van der Waals surface area contributed by atoms with Gasteiger partial charge in [-0.3, -0.25) is 10.1 Å². The number of likely N-dealkylation sites (tertiary alicyclic amines) is 1. The summed E-state index contributed by atoms with van der Waals surface area (Å²) in [4.78, 5) is 27.2. The lowest BCUT2D eigenvalue weighted by atomic mass is 10.2. The third-order valence-electron chi connectivity index (χ3n) is 5.28. The number of carbonyl (C=O) groups excluding carboxylic acids is 2. The van der Waals surface area contributed by atoms with E-state index in [1.54, 1.807) is 24.3 Å². The Kier molecular flexibility index (Phi) is 5.96. The highest BCUT2D eigenvalue weighted by Crippen LogP contribution is 2.37. The number of nitrogens with zero attached hydrogens (tertiary/aromatic N) is 3. The Labute approximate surface area is 202 Å². The van der Waals surface area contributed by atoms with Crippen LogP contribution in [0.2, 0.25) is 10.0 Å². The molecule has 2 aliphatic heterocycles. The summed E-state index contributed by atoms with van der Waals surface area (Å²) >= 11 is 13.4. The molecule has 12 heteroatoms. The lowest BCUT2D eigenvalue weighted by Gasteiger charge is -2.24. The zero-order chi connectivity index (χ0) is 22.9. The van der Waals surface area contributed by atoms with E-state index in [4.69, 9.17) is 32.7 Å². The number of anilines is 2. The van der Waals surface area contributed by atoms with Crippen LogP contribution in [0.1, 0.15) is 12.8 Å². The van der Waals surface area contributed by atoms with E-state index in [0.29, 0.717) is 51.7 Å². The first-order chi connectivity index (χ1) is 16.0. The molecule has 3 amide bonds. The van der Waals surface area contributed by atoms with Crippen molar-refractivity contribution in [3.63, 3.8) is 0 Å². The summed E-state index contributed by atoms with van der Waals surface area (Å²) in [5.41, 5.74) is 1.19. The van der Waals surface area contributed by atoms with E-state index in [0.717, 1.165) is 5.56 Å². The van der Waals surface area contributed by atoms with Gasteiger partial charge in [-0.15, -0.1) is 10.2 Å². The van der Waals surface area contributed by atoms with Gasteiger partial charge in [0, 0.05) is 12.1 Å². The van der Waals surface area contributed by atoms with Crippen molar-refractivity contribution in [2.75, 3.05) is 24.0 Å². The summed E-state index contributed by atoms with van der Waals surface area (Å²) in [7, 11) is 0. The Morgan fingerprint density at radius 2 is 1.94 bits per heavy atom. The van der Waals surface area contributed by atoms with Gasteiger partial charge in [0.1, 0.15) is 11.0 Å². The lowest BCUT2D eigenvalue weighted by Crippen LogP contribution is -2.45. The van der Waals surface area contributed by atoms with Crippen molar-refractivity contribution in [2.24, 2.45) is 0 Å². The molecule has 1 aromatic heterocycles. The number of hydrogen-bond donors (Lipinski definition) is 2. The SMILES string of the molecule is O=C(Nc1nnc(-c2ccc3c(c2)OCO3)s1)[C@@H]1CCCN1C(=O)Nc1cccc(Cl)c1Cl. The maximum Gasteiger partial charge on any atom is 0.322 e. The zero-order valence-electron chi connectivity index (χ0n) is 17.0. The highest BCUT2D eigenvalue weighted by Gasteiger charge is 2.35. The van der Waals surface area contributed by atoms with Gasteiger partial charge in [-0.05, 0) is 43.2 Å². The highest BCUT2D eigenvalue weighted by atomic mass is 35.5. The Balaban J connectivity index is 1.26. The Bertz CT molecular complexity index is 1240. The van der Waals surface area contributed by atoms with Crippen LogP contribution in [-0.4, -0.2) is 46.4 Å². The monoisotopic (exact) mass is 505 g/mol. The van der Waals surface area contributed by atoms with Crippen LogP contribution in [0.3, 0.4) is 0 Å². The average molecular weight is 506 g/mol. The van der Waals surface area contributed by atoms with E-state index in [1.165, 1.54) is 16.2 Å². The van der Waals surface area contributed by atoms with Crippen molar-refractivity contribution < 1.29 is 19.1 Å². The van der Waals surface area contributed by atoms with Gasteiger partial charge in [0.2, 0.25) is 17.8 Å². The summed E-state index contributed by atoms with van der Waals surface area (Å²) in [5.74, 6) is 0.990. The molecule has 0 aliphatic carbocycles. The van der Waals surface area contributed by atoms with Crippen LogP contribution >= 0.6 is 34.5 Å². The molecule has 2 aliphatic rings. The fraction of sp³-hybridized carbons (Fsp3) is 0.238. The number of amides is 3. The highest BCUT2D eigenvalue weighted by molar-refractivity contribution is 7.18. The predicted octanol–water partition coefficient (Wildman–Crippen LogP) is 4.88. The van der Waals surface area contributed by atoms with E-state index < -0.39 is 12.1 Å². The van der Waals surface area contributed by atoms with Crippen molar-refractivity contribution in [3.05, 3.63) is 46.4 Å². The van der Waals surface area contributed by atoms with Gasteiger partial charge in [0.15, 0.2) is 11.5 Å². The van der Waals surface area contributed by atoms with E-state index in [2.05, 4.69) is 20.8 Å². The van der Waals surface area contributed by atoms with Crippen molar-refractivity contribution in [3.8, 4) is 22.1 Å². The number of ether oxygens (including phenoxy) is 2. The topological polar surface area (TPSA) is 106 Å². The van der Waals surface area contributed by atoms with Gasteiger partial charge in [-0.1, -0.05) is 40.6 Å². The minimum Gasteiger partial charge on any atom is -0.454 e. The van der Waals surface area contributed by atoms with Crippen molar-refractivity contribution in [1.29, 1.82) is 0 Å². The first-order valence-corrected chi connectivity index (χ1v) is 11.6. The number of urea groups is 1. The van der Waals surface area contributed by atoms with Crippen LogP contribution in [0.4, 0.5) is 15.6 Å². The summed E-state index contributed by atoms with van der Waals surface area (Å²) in [5, 5.41) is 15.3. The molecule has 0 bridgehead atoms. The molecule has 1 fully saturated rings. The molecule has 0 radical (unpaired) electrons. The number of fused-ring (bicyclic) bond motifs is 1. The number of carbonyl (C=O) groups is 2. The first-order valence-electron chi connectivity index (χ1n) is 10.1. The first kappa shape index (κ1) is 21.7. The number of nitrogens with one attached hydrogen (secondary N) is 2. The van der Waals surface area contributed by atoms with Gasteiger partial charge in [-0.2, -0.15) is 0 Å². The molecule has 0 spiro atoms. The molecular formula is C21H17Cl2N5O4S. The third kappa shape index (κ3) is 4.41. The van der Waals surface area contributed by atoms with E-state index >= 15 is 0 Å². The molecule has 1 atom stereocenters. The van der Waals surface area contributed by atoms with E-state index in [9.17, 15) is 9.59 Å². The second-order valence-electron chi connectivity index (χ2n) is 7.35. The molecular weight excluding hydrogens is 489 g/mol. The van der Waals surface area contributed by atoms with Crippen molar-refractivity contribution in [1.82, 2.24) is 15.1 Å². The summed E-state index contributed by atoms with van der Waals surface area (Å²) < 4.78 is 10.7. The molecule has 1 saturated heterocycles. The van der Waals surface area contributed by atoms with Gasteiger partial charge in [-0.25, -0.2) is 4.79 Å². The van der Waals surface area contributed by atoms with E-state index in [-0.39, 0.29) is 17.7 Å². The van der Waals surface area contributed by atoms with Gasteiger partial charge < -0.3 is 19.7 Å². The summed E-state index contributed by atoms with van der Waals surface area (Å²) in [6.45, 7) is 0.631. The molecule has 2 aromatic carbocycles. The fourth-order valence-electron chi connectivity index (χ4n) is 3.68.